The van der Waals surface area contributed by atoms with E-state index in [0.717, 1.165) is 25.8 Å². The minimum atomic E-state index is -0.676. The predicted octanol–water partition coefficient (Wildman–Crippen LogP) is -0.907. The van der Waals surface area contributed by atoms with Crippen LogP contribution in [0.15, 0.2) is 4.63 Å². The second-order valence-corrected chi connectivity index (χ2v) is 6.85. The van der Waals surface area contributed by atoms with Gasteiger partial charge in [0.25, 0.3) is 0 Å². The van der Waals surface area contributed by atoms with Gasteiger partial charge in [-0.25, -0.2) is 4.63 Å². The molecule has 2 aliphatic rings. The molecule has 2 amide bonds. The number of aliphatic hydroxyl groups excluding tert-OH is 1. The molecule has 0 bridgehead atoms. The molecule has 1 saturated heterocycles. The number of nitrogens with zero attached hydrogens (tertiary/aromatic N) is 4. The Kier molecular flexibility index (Phi) is 5.33. The number of carbonyl (C=O) groups excluding carboxylic acids is 2. The minimum Gasteiger partial charge on any atom is -0.389 e. The van der Waals surface area contributed by atoms with Crippen LogP contribution in [-0.4, -0.2) is 81.9 Å². The van der Waals surface area contributed by atoms with Crippen molar-refractivity contribution in [2.24, 2.45) is 0 Å². The Bertz CT molecular complexity index is 634. The zero-order valence-electron chi connectivity index (χ0n) is 14.6. The summed E-state index contributed by atoms with van der Waals surface area (Å²) in [6, 6.07) is -0.369. The van der Waals surface area contributed by atoms with Gasteiger partial charge >= 0.3 is 0 Å². The van der Waals surface area contributed by atoms with Crippen molar-refractivity contribution in [1.82, 2.24) is 25.4 Å². The van der Waals surface area contributed by atoms with Gasteiger partial charge in [0.2, 0.25) is 11.8 Å². The molecule has 0 spiro atoms. The third-order valence-corrected chi connectivity index (χ3v) is 5.28. The van der Waals surface area contributed by atoms with Gasteiger partial charge in [-0.15, -0.1) is 0 Å². The van der Waals surface area contributed by atoms with Crippen molar-refractivity contribution in [2.75, 3.05) is 26.7 Å². The molecule has 25 heavy (non-hydrogen) atoms. The molecule has 1 aromatic heterocycles. The molecular weight excluding hydrogens is 326 g/mol. The Morgan fingerprint density at radius 1 is 1.44 bits per heavy atom. The smallest absolute Gasteiger partial charge is 0.234 e. The van der Waals surface area contributed by atoms with Gasteiger partial charge in [0.05, 0.1) is 25.1 Å². The first-order valence-electron chi connectivity index (χ1n) is 8.70. The van der Waals surface area contributed by atoms with Gasteiger partial charge in [-0.2, -0.15) is 0 Å². The summed E-state index contributed by atoms with van der Waals surface area (Å²) >= 11 is 0. The van der Waals surface area contributed by atoms with Crippen LogP contribution in [0.3, 0.4) is 0 Å². The lowest BCUT2D eigenvalue weighted by Crippen LogP contribution is -2.61. The number of amides is 2. The number of carbonyl (C=O) groups is 2. The highest BCUT2D eigenvalue weighted by Gasteiger charge is 2.39. The number of nitrogens with one attached hydrogen (secondary N) is 1. The highest BCUT2D eigenvalue weighted by molar-refractivity contribution is 5.79. The van der Waals surface area contributed by atoms with E-state index in [1.54, 1.807) is 18.9 Å². The van der Waals surface area contributed by atoms with Crippen LogP contribution >= 0.6 is 0 Å². The van der Waals surface area contributed by atoms with Gasteiger partial charge < -0.3 is 15.3 Å². The fourth-order valence-electron chi connectivity index (χ4n) is 3.76. The summed E-state index contributed by atoms with van der Waals surface area (Å²) < 4.78 is 4.63. The van der Waals surface area contributed by atoms with Gasteiger partial charge in [-0.1, -0.05) is 10.3 Å². The quantitative estimate of drug-likeness (QED) is 0.722. The van der Waals surface area contributed by atoms with Crippen molar-refractivity contribution >= 4 is 11.8 Å². The first-order valence-corrected chi connectivity index (χ1v) is 8.70. The van der Waals surface area contributed by atoms with Crippen molar-refractivity contribution < 1.29 is 19.3 Å². The SMILES string of the molecule is Cc1nonc1CC(=O)N(C)[C@@H]1CCC[C@@H](N2CCNC(=O)C2)[C@@H]1O. The minimum absolute atomic E-state index is 0.0148. The average molecular weight is 351 g/mol. The molecule has 0 aromatic carbocycles. The number of rotatable bonds is 4. The molecule has 2 N–H and O–H groups in total. The van der Waals surface area contributed by atoms with E-state index in [-0.39, 0.29) is 30.3 Å². The maximum atomic E-state index is 12.6. The molecule has 2 heterocycles. The summed E-state index contributed by atoms with van der Waals surface area (Å²) in [7, 11) is 1.71. The Morgan fingerprint density at radius 3 is 2.92 bits per heavy atom. The predicted molar refractivity (Wildman–Crippen MR) is 87.5 cm³/mol. The molecule has 3 atom stereocenters. The van der Waals surface area contributed by atoms with Crippen molar-refractivity contribution in [3.05, 3.63) is 11.4 Å². The summed E-state index contributed by atoms with van der Waals surface area (Å²) in [6.45, 7) is 3.36. The molecule has 1 aliphatic carbocycles. The van der Waals surface area contributed by atoms with E-state index in [1.807, 2.05) is 4.90 Å². The molecule has 9 nitrogen and oxygen atoms in total. The zero-order chi connectivity index (χ0) is 18.0. The standard InChI is InChI=1S/C16H25N5O4/c1-10-11(19-25-18-10)8-15(23)20(2)12-4-3-5-13(16(12)24)21-7-6-17-14(22)9-21/h12-13,16,24H,3-9H2,1-2H3,(H,17,22)/t12-,13-,16-/m1/s1. The summed E-state index contributed by atoms with van der Waals surface area (Å²) in [5.74, 6) is -0.140. The van der Waals surface area contributed by atoms with Crippen LogP contribution in [0.2, 0.25) is 0 Å². The summed E-state index contributed by atoms with van der Waals surface area (Å²) in [5, 5.41) is 21.1. The van der Waals surface area contributed by atoms with Gasteiger partial charge in [-0.05, 0) is 26.2 Å². The lowest BCUT2D eigenvalue weighted by atomic mass is 9.85. The number of aromatic nitrogens is 2. The lowest BCUT2D eigenvalue weighted by molar-refractivity contribution is -0.138. The van der Waals surface area contributed by atoms with E-state index in [1.165, 1.54) is 0 Å². The van der Waals surface area contributed by atoms with E-state index >= 15 is 0 Å². The number of aryl methyl sites for hydroxylation is 1. The number of aliphatic hydroxyl groups is 1. The topological polar surface area (TPSA) is 112 Å². The average Bonchev–Trinajstić information content (AvgIpc) is 2.99. The molecule has 9 heteroatoms. The Hall–Kier alpha value is -2.00. The normalized spacial score (nSPS) is 27.8. The third-order valence-electron chi connectivity index (χ3n) is 5.28. The van der Waals surface area contributed by atoms with E-state index in [4.69, 9.17) is 0 Å². The summed E-state index contributed by atoms with van der Waals surface area (Å²) in [4.78, 5) is 27.8. The summed E-state index contributed by atoms with van der Waals surface area (Å²) in [5.41, 5.74) is 1.12. The van der Waals surface area contributed by atoms with Crippen LogP contribution in [0.5, 0.6) is 0 Å². The molecule has 1 aliphatic heterocycles. The number of hydrogen-bond acceptors (Lipinski definition) is 7. The van der Waals surface area contributed by atoms with Gasteiger partial charge in [-0.3, -0.25) is 14.5 Å². The lowest BCUT2D eigenvalue weighted by Gasteiger charge is -2.45. The molecule has 3 rings (SSSR count). The Morgan fingerprint density at radius 2 is 2.24 bits per heavy atom. The Labute approximate surface area is 146 Å². The first kappa shape index (κ1) is 17.8. The van der Waals surface area contributed by atoms with Crippen LogP contribution in [-0.2, 0) is 16.0 Å². The highest BCUT2D eigenvalue weighted by Crippen LogP contribution is 2.27. The van der Waals surface area contributed by atoms with Gasteiger partial charge in [0, 0.05) is 26.2 Å². The van der Waals surface area contributed by atoms with Crippen LogP contribution in [0.4, 0.5) is 0 Å². The van der Waals surface area contributed by atoms with Crippen LogP contribution in [0.1, 0.15) is 30.7 Å². The molecule has 2 fully saturated rings. The molecular formula is C16H25N5O4. The van der Waals surface area contributed by atoms with Crippen LogP contribution in [0.25, 0.3) is 0 Å². The van der Waals surface area contributed by atoms with Crippen molar-refractivity contribution in [3.8, 4) is 0 Å². The van der Waals surface area contributed by atoms with Crippen molar-refractivity contribution in [3.63, 3.8) is 0 Å². The first-order chi connectivity index (χ1) is 12.0. The fraction of sp³-hybridized carbons (Fsp3) is 0.750. The van der Waals surface area contributed by atoms with E-state index < -0.39 is 6.10 Å². The third kappa shape index (κ3) is 3.82. The maximum Gasteiger partial charge on any atom is 0.234 e. The summed E-state index contributed by atoms with van der Waals surface area (Å²) in [6.07, 6.45) is 1.92. The second kappa shape index (κ2) is 7.49. The van der Waals surface area contributed by atoms with E-state index in [0.29, 0.717) is 24.5 Å². The largest absolute Gasteiger partial charge is 0.389 e. The monoisotopic (exact) mass is 351 g/mol. The van der Waals surface area contributed by atoms with Crippen molar-refractivity contribution in [1.29, 1.82) is 0 Å². The Balaban J connectivity index is 1.65. The second-order valence-electron chi connectivity index (χ2n) is 6.85. The fourth-order valence-corrected chi connectivity index (χ4v) is 3.76. The maximum absolute atomic E-state index is 12.6. The van der Waals surface area contributed by atoms with E-state index in [2.05, 4.69) is 20.3 Å². The number of hydrogen-bond donors (Lipinski definition) is 2. The molecule has 0 radical (unpaired) electrons. The van der Waals surface area contributed by atoms with Gasteiger partial charge in [0.1, 0.15) is 11.4 Å². The number of likely N-dealkylation sites (N-methyl/N-ethyl adjacent to an activating group) is 1. The molecule has 138 valence electrons. The highest BCUT2D eigenvalue weighted by atomic mass is 16.6. The zero-order valence-corrected chi connectivity index (χ0v) is 14.6. The molecule has 0 unspecified atom stereocenters. The van der Waals surface area contributed by atoms with Gasteiger partial charge in [0.15, 0.2) is 0 Å². The van der Waals surface area contributed by atoms with Crippen LogP contribution < -0.4 is 5.32 Å². The molecule has 1 saturated carbocycles. The number of piperazine rings is 1. The van der Waals surface area contributed by atoms with Crippen molar-refractivity contribution in [2.45, 2.75) is 50.8 Å². The van der Waals surface area contributed by atoms with E-state index in [9.17, 15) is 14.7 Å². The van der Waals surface area contributed by atoms with Crippen LogP contribution in [0, 0.1) is 6.92 Å². The molecule has 1 aromatic rings.